The minimum Gasteiger partial charge on any atom is -0.463 e. The van der Waals surface area contributed by atoms with Crippen molar-refractivity contribution in [2.45, 2.75) is 98.1 Å². The molecule has 0 fully saturated rings. The van der Waals surface area contributed by atoms with E-state index >= 15 is 0 Å². The summed E-state index contributed by atoms with van der Waals surface area (Å²) >= 11 is 0. The first-order chi connectivity index (χ1) is 13.9. The van der Waals surface area contributed by atoms with Gasteiger partial charge in [-0.25, -0.2) is 9.59 Å². The van der Waals surface area contributed by atoms with E-state index in [2.05, 4.69) is 10.6 Å². The highest BCUT2D eigenvalue weighted by Gasteiger charge is 2.43. The lowest BCUT2D eigenvalue weighted by Gasteiger charge is -2.42. The summed E-state index contributed by atoms with van der Waals surface area (Å²) in [6.07, 6.45) is 2.00. The highest BCUT2D eigenvalue weighted by atomic mass is 16.6. The zero-order chi connectivity index (χ0) is 23.1. The van der Waals surface area contributed by atoms with Gasteiger partial charge < -0.3 is 24.8 Å². The molecule has 0 unspecified atom stereocenters. The van der Waals surface area contributed by atoms with Crippen molar-refractivity contribution in [3.8, 4) is 0 Å². The number of alkyl carbamates (subject to hydrolysis) is 1. The van der Waals surface area contributed by atoms with Crippen molar-refractivity contribution in [1.29, 1.82) is 0 Å². The molecule has 0 aliphatic heterocycles. The summed E-state index contributed by atoms with van der Waals surface area (Å²) in [5.41, 5.74) is -0.271. The van der Waals surface area contributed by atoms with Gasteiger partial charge in [0.05, 0.1) is 30.9 Å². The van der Waals surface area contributed by atoms with E-state index < -0.39 is 41.8 Å². The quantitative estimate of drug-likeness (QED) is 0.578. The van der Waals surface area contributed by atoms with E-state index in [4.69, 9.17) is 14.2 Å². The zero-order valence-corrected chi connectivity index (χ0v) is 19.5. The third-order valence-corrected chi connectivity index (χ3v) is 4.94. The van der Waals surface area contributed by atoms with Crippen LogP contribution in [0.25, 0.3) is 0 Å². The van der Waals surface area contributed by atoms with Crippen molar-refractivity contribution in [3.05, 3.63) is 11.6 Å². The maximum absolute atomic E-state index is 12.6. The average molecular weight is 427 g/mol. The lowest BCUT2D eigenvalue weighted by atomic mass is 9.79. The molecule has 1 rings (SSSR count). The van der Waals surface area contributed by atoms with Gasteiger partial charge in [0, 0.05) is 18.4 Å². The SMILES string of the molecule is CCOC(=O)C1=C[C@@H](OC(CC)CC)[C@H](NC(C)=O)[C@@H](NC(=O)OC(C)(C)C)[C@@H]1C. The fraction of sp³-hybridized carbons (Fsp3) is 0.773. The minimum atomic E-state index is -0.684. The Morgan fingerprint density at radius 3 is 2.13 bits per heavy atom. The summed E-state index contributed by atoms with van der Waals surface area (Å²) in [5, 5.41) is 5.74. The molecule has 4 atom stereocenters. The summed E-state index contributed by atoms with van der Waals surface area (Å²) in [7, 11) is 0. The molecule has 0 aromatic heterocycles. The van der Waals surface area contributed by atoms with Crippen LogP contribution in [0.2, 0.25) is 0 Å². The third kappa shape index (κ3) is 7.63. The Balaban J connectivity index is 3.34. The number of ether oxygens (including phenoxy) is 3. The zero-order valence-electron chi connectivity index (χ0n) is 19.5. The molecular formula is C22H38N2O6. The van der Waals surface area contributed by atoms with Gasteiger partial charge in [-0.1, -0.05) is 20.8 Å². The highest BCUT2D eigenvalue weighted by Crippen LogP contribution is 2.30. The maximum Gasteiger partial charge on any atom is 0.407 e. The third-order valence-electron chi connectivity index (χ3n) is 4.94. The molecule has 30 heavy (non-hydrogen) atoms. The van der Waals surface area contributed by atoms with Crippen molar-refractivity contribution in [2.24, 2.45) is 5.92 Å². The molecule has 8 heteroatoms. The number of rotatable bonds is 8. The predicted molar refractivity (Wildman–Crippen MR) is 114 cm³/mol. The Labute approximate surface area is 180 Å². The van der Waals surface area contributed by atoms with Crippen LogP contribution in [0, 0.1) is 5.92 Å². The van der Waals surface area contributed by atoms with Crippen LogP contribution in [0.1, 0.15) is 68.2 Å². The predicted octanol–water partition coefficient (Wildman–Crippen LogP) is 3.10. The van der Waals surface area contributed by atoms with Crippen molar-refractivity contribution in [2.75, 3.05) is 6.61 Å². The van der Waals surface area contributed by atoms with E-state index in [1.165, 1.54) is 6.92 Å². The van der Waals surface area contributed by atoms with Gasteiger partial charge in [-0.3, -0.25) is 4.79 Å². The molecule has 2 amide bonds. The Kier molecular flexibility index (Phi) is 9.81. The standard InChI is InChI=1S/C22H38N2O6/c1-9-15(10-2)29-17-12-16(20(26)28-11-3)13(4)18(19(17)23-14(5)25)24-21(27)30-22(6,7)8/h12-13,15,17-19H,9-11H2,1-8H3,(H,23,25)(H,24,27)/t13-,17-,18+,19+/m1/s1. The van der Waals surface area contributed by atoms with Crippen LogP contribution in [0.3, 0.4) is 0 Å². The highest BCUT2D eigenvalue weighted by molar-refractivity contribution is 5.90. The van der Waals surface area contributed by atoms with Crippen LogP contribution in [-0.4, -0.2) is 54.5 Å². The van der Waals surface area contributed by atoms with Crippen molar-refractivity contribution < 1.29 is 28.6 Å². The normalized spacial score (nSPS) is 24.1. The smallest absolute Gasteiger partial charge is 0.407 e. The monoisotopic (exact) mass is 426 g/mol. The van der Waals surface area contributed by atoms with Crippen LogP contribution in [0.4, 0.5) is 4.79 Å². The number of hydrogen-bond donors (Lipinski definition) is 2. The van der Waals surface area contributed by atoms with Crippen LogP contribution >= 0.6 is 0 Å². The summed E-state index contributed by atoms with van der Waals surface area (Å²) in [4.78, 5) is 37.1. The van der Waals surface area contributed by atoms with E-state index in [1.54, 1.807) is 33.8 Å². The molecule has 172 valence electrons. The van der Waals surface area contributed by atoms with E-state index in [1.807, 2.05) is 20.8 Å². The van der Waals surface area contributed by atoms with Crippen LogP contribution in [0.5, 0.6) is 0 Å². The summed E-state index contributed by atoms with van der Waals surface area (Å²) in [6.45, 7) is 14.5. The second kappa shape index (κ2) is 11.3. The van der Waals surface area contributed by atoms with Crippen LogP contribution in [-0.2, 0) is 23.8 Å². The molecular weight excluding hydrogens is 388 g/mol. The summed E-state index contributed by atoms with van der Waals surface area (Å²) in [5.74, 6) is -1.13. The molecule has 0 radical (unpaired) electrons. The van der Waals surface area contributed by atoms with Gasteiger partial charge in [0.1, 0.15) is 5.60 Å². The number of esters is 1. The molecule has 0 spiro atoms. The molecule has 0 aromatic carbocycles. The first-order valence-electron chi connectivity index (χ1n) is 10.7. The first kappa shape index (κ1) is 25.9. The molecule has 1 aliphatic rings. The van der Waals surface area contributed by atoms with Gasteiger partial charge in [0.25, 0.3) is 0 Å². The lowest BCUT2D eigenvalue weighted by Crippen LogP contribution is -2.62. The Morgan fingerprint density at radius 1 is 1.07 bits per heavy atom. The summed E-state index contributed by atoms with van der Waals surface area (Å²) in [6, 6.07) is -1.18. The Morgan fingerprint density at radius 2 is 1.67 bits per heavy atom. The van der Waals surface area contributed by atoms with Gasteiger partial charge >= 0.3 is 12.1 Å². The van der Waals surface area contributed by atoms with Crippen molar-refractivity contribution in [1.82, 2.24) is 10.6 Å². The largest absolute Gasteiger partial charge is 0.463 e. The topological polar surface area (TPSA) is 103 Å². The first-order valence-corrected chi connectivity index (χ1v) is 10.7. The van der Waals surface area contributed by atoms with E-state index in [9.17, 15) is 14.4 Å². The second-order valence-corrected chi connectivity index (χ2v) is 8.57. The van der Waals surface area contributed by atoms with E-state index in [-0.39, 0.29) is 18.6 Å². The van der Waals surface area contributed by atoms with Gasteiger partial charge in [0.15, 0.2) is 0 Å². The van der Waals surface area contributed by atoms with Gasteiger partial charge in [-0.15, -0.1) is 0 Å². The molecule has 1 aliphatic carbocycles. The number of nitrogens with one attached hydrogen (secondary N) is 2. The maximum atomic E-state index is 12.6. The molecule has 2 N–H and O–H groups in total. The van der Waals surface area contributed by atoms with Crippen LogP contribution < -0.4 is 10.6 Å². The fourth-order valence-electron chi connectivity index (χ4n) is 3.50. The Hall–Kier alpha value is -2.09. The van der Waals surface area contributed by atoms with Crippen molar-refractivity contribution >= 4 is 18.0 Å². The average Bonchev–Trinajstić information content (AvgIpc) is 2.62. The lowest BCUT2D eigenvalue weighted by molar-refractivity contribution is -0.139. The van der Waals surface area contributed by atoms with Gasteiger partial charge in [-0.2, -0.15) is 0 Å². The van der Waals surface area contributed by atoms with Gasteiger partial charge in [-0.05, 0) is 46.6 Å². The van der Waals surface area contributed by atoms with Gasteiger partial charge in [0.2, 0.25) is 5.91 Å². The number of hydrogen-bond acceptors (Lipinski definition) is 6. The molecule has 0 heterocycles. The minimum absolute atomic E-state index is 0.0541. The van der Waals surface area contributed by atoms with Crippen LogP contribution in [0.15, 0.2) is 11.6 Å². The Bertz CT molecular complexity index is 636. The molecule has 0 saturated heterocycles. The molecule has 0 bridgehead atoms. The number of carbonyl (C=O) groups excluding carboxylic acids is 3. The van der Waals surface area contributed by atoms with E-state index in [0.717, 1.165) is 12.8 Å². The number of carbonyl (C=O) groups is 3. The molecule has 0 saturated carbocycles. The van der Waals surface area contributed by atoms with E-state index in [0.29, 0.717) is 5.57 Å². The number of amides is 2. The summed E-state index contributed by atoms with van der Waals surface area (Å²) < 4.78 is 16.9. The fourth-order valence-corrected chi connectivity index (χ4v) is 3.50. The van der Waals surface area contributed by atoms with Crippen molar-refractivity contribution in [3.63, 3.8) is 0 Å². The molecule has 0 aromatic rings. The molecule has 8 nitrogen and oxygen atoms in total. The second-order valence-electron chi connectivity index (χ2n) is 8.57.